The number of nitrogens with one attached hydrogen (secondary N) is 1. The van der Waals surface area contributed by atoms with Gasteiger partial charge in [-0.2, -0.15) is 13.2 Å². The van der Waals surface area contributed by atoms with Crippen molar-refractivity contribution in [3.8, 4) is 0 Å². The molecule has 72 valence electrons. The summed E-state index contributed by atoms with van der Waals surface area (Å²) in [6.45, 7) is 0. The van der Waals surface area contributed by atoms with Gasteiger partial charge in [-0.25, -0.2) is 5.84 Å². The van der Waals surface area contributed by atoms with Crippen LogP contribution >= 0.6 is 0 Å². The quantitative estimate of drug-likeness (QED) is 0.383. The van der Waals surface area contributed by atoms with Crippen molar-refractivity contribution < 1.29 is 22.5 Å². The van der Waals surface area contributed by atoms with Gasteiger partial charge in [-0.1, -0.05) is 5.16 Å². The SMILES string of the molecule is NNC(=O)c1cc(C(F)(F)F)on1. The van der Waals surface area contributed by atoms with E-state index in [0.29, 0.717) is 6.07 Å². The van der Waals surface area contributed by atoms with Crippen LogP contribution in [0.25, 0.3) is 0 Å². The van der Waals surface area contributed by atoms with Crippen LogP contribution < -0.4 is 11.3 Å². The van der Waals surface area contributed by atoms with Gasteiger partial charge in [0.1, 0.15) is 0 Å². The minimum atomic E-state index is -4.65. The van der Waals surface area contributed by atoms with Crippen molar-refractivity contribution in [2.45, 2.75) is 6.18 Å². The molecule has 1 rings (SSSR count). The van der Waals surface area contributed by atoms with E-state index in [1.54, 1.807) is 5.43 Å². The lowest BCUT2D eigenvalue weighted by molar-refractivity contribution is -0.155. The summed E-state index contributed by atoms with van der Waals surface area (Å²) < 4.78 is 39.5. The van der Waals surface area contributed by atoms with Gasteiger partial charge in [0, 0.05) is 6.07 Å². The molecule has 0 saturated carbocycles. The second-order valence-corrected chi connectivity index (χ2v) is 2.05. The molecule has 1 aromatic rings. The summed E-state index contributed by atoms with van der Waals surface area (Å²) in [5.74, 6) is 2.37. The maximum Gasteiger partial charge on any atom is 0.452 e. The van der Waals surface area contributed by atoms with Gasteiger partial charge in [-0.15, -0.1) is 0 Å². The number of nitrogen functional groups attached to an aromatic ring is 1. The Kier molecular flexibility index (Phi) is 2.24. The second kappa shape index (κ2) is 3.05. The number of halogens is 3. The van der Waals surface area contributed by atoms with E-state index in [-0.39, 0.29) is 0 Å². The van der Waals surface area contributed by atoms with Crippen molar-refractivity contribution >= 4 is 5.91 Å². The molecule has 3 N–H and O–H groups in total. The second-order valence-electron chi connectivity index (χ2n) is 2.05. The number of hydrogen-bond acceptors (Lipinski definition) is 4. The molecule has 0 atom stereocenters. The molecule has 0 radical (unpaired) electrons. The van der Waals surface area contributed by atoms with Crippen LogP contribution in [-0.2, 0) is 6.18 Å². The Morgan fingerprint density at radius 2 is 2.23 bits per heavy atom. The summed E-state index contributed by atoms with van der Waals surface area (Å²) in [6.07, 6.45) is -4.65. The standard InChI is InChI=1S/C5H4F3N3O2/c6-5(7,8)3-1-2(11-13-3)4(12)10-9/h1H,9H2,(H,10,12). The third kappa shape index (κ3) is 1.96. The van der Waals surface area contributed by atoms with E-state index in [0.717, 1.165) is 0 Å². The number of carbonyl (C=O) groups excluding carboxylic acids is 1. The van der Waals surface area contributed by atoms with Crippen LogP contribution in [-0.4, -0.2) is 11.1 Å². The fraction of sp³-hybridized carbons (Fsp3) is 0.200. The lowest BCUT2D eigenvalue weighted by Gasteiger charge is -1.97. The molecule has 8 heteroatoms. The molecule has 0 aliphatic heterocycles. The van der Waals surface area contributed by atoms with Gasteiger partial charge in [0.05, 0.1) is 0 Å². The summed E-state index contributed by atoms with van der Waals surface area (Å²) in [6, 6.07) is 0.461. The number of carbonyl (C=O) groups is 1. The third-order valence-corrected chi connectivity index (χ3v) is 1.15. The Balaban J connectivity index is 2.93. The molecule has 1 heterocycles. The molecular formula is C5H4F3N3O2. The highest BCUT2D eigenvalue weighted by atomic mass is 19.4. The number of alkyl halides is 3. The van der Waals surface area contributed by atoms with Crippen LogP contribution in [0, 0.1) is 0 Å². The molecule has 5 nitrogen and oxygen atoms in total. The molecule has 1 aromatic heterocycles. The van der Waals surface area contributed by atoms with E-state index in [1.807, 2.05) is 0 Å². The van der Waals surface area contributed by atoms with Crippen molar-refractivity contribution in [2.24, 2.45) is 5.84 Å². The monoisotopic (exact) mass is 195 g/mol. The molecule has 13 heavy (non-hydrogen) atoms. The Morgan fingerprint density at radius 3 is 2.62 bits per heavy atom. The Hall–Kier alpha value is -1.57. The molecule has 0 aliphatic rings. The normalized spacial score (nSPS) is 11.4. The first-order valence-corrected chi connectivity index (χ1v) is 3.00. The molecular weight excluding hydrogens is 191 g/mol. The van der Waals surface area contributed by atoms with Crippen molar-refractivity contribution in [2.75, 3.05) is 0 Å². The van der Waals surface area contributed by atoms with Crippen molar-refractivity contribution in [3.05, 3.63) is 17.5 Å². The molecule has 0 saturated heterocycles. The smallest absolute Gasteiger partial charge is 0.351 e. The van der Waals surface area contributed by atoms with Crippen LogP contribution in [0.15, 0.2) is 10.6 Å². The number of hydrazine groups is 1. The molecule has 0 unspecified atom stereocenters. The Morgan fingerprint density at radius 1 is 1.62 bits per heavy atom. The van der Waals surface area contributed by atoms with Gasteiger partial charge in [0.25, 0.3) is 5.91 Å². The van der Waals surface area contributed by atoms with Crippen LogP contribution in [0.1, 0.15) is 16.2 Å². The first-order valence-electron chi connectivity index (χ1n) is 3.00. The van der Waals surface area contributed by atoms with Crippen molar-refractivity contribution in [3.63, 3.8) is 0 Å². The van der Waals surface area contributed by atoms with Gasteiger partial charge in [0.15, 0.2) is 5.69 Å². The zero-order valence-corrected chi connectivity index (χ0v) is 6.05. The third-order valence-electron chi connectivity index (χ3n) is 1.15. The maximum atomic E-state index is 11.9. The predicted octanol–water partition coefficient (Wildman–Crippen LogP) is 0.297. The van der Waals surface area contributed by atoms with E-state index >= 15 is 0 Å². The van der Waals surface area contributed by atoms with Crippen molar-refractivity contribution in [1.29, 1.82) is 0 Å². The highest BCUT2D eigenvalue weighted by Gasteiger charge is 2.36. The van der Waals surface area contributed by atoms with Gasteiger partial charge in [0.2, 0.25) is 5.76 Å². The zero-order valence-electron chi connectivity index (χ0n) is 6.05. The minimum absolute atomic E-state index is 0.461. The summed E-state index contributed by atoms with van der Waals surface area (Å²) in [5.41, 5.74) is 1.10. The van der Waals surface area contributed by atoms with Crippen molar-refractivity contribution in [1.82, 2.24) is 10.6 Å². The minimum Gasteiger partial charge on any atom is -0.351 e. The highest BCUT2D eigenvalue weighted by Crippen LogP contribution is 2.29. The van der Waals surface area contributed by atoms with Crippen LogP contribution in [0.4, 0.5) is 13.2 Å². The first-order chi connectivity index (χ1) is 5.95. The molecule has 0 aromatic carbocycles. The van der Waals surface area contributed by atoms with Crippen LogP contribution in [0.3, 0.4) is 0 Å². The predicted molar refractivity (Wildman–Crippen MR) is 33.2 cm³/mol. The molecule has 0 aliphatic carbocycles. The summed E-state index contributed by atoms with van der Waals surface area (Å²) >= 11 is 0. The number of rotatable bonds is 1. The molecule has 0 fully saturated rings. The molecule has 1 amide bonds. The summed E-state index contributed by atoms with van der Waals surface area (Å²) in [7, 11) is 0. The Labute approximate surface area is 69.6 Å². The lowest BCUT2D eigenvalue weighted by atomic mass is 10.3. The average Bonchev–Trinajstić information content (AvgIpc) is 2.50. The van der Waals surface area contributed by atoms with E-state index in [2.05, 4.69) is 15.5 Å². The molecule has 0 bridgehead atoms. The van der Waals surface area contributed by atoms with Gasteiger partial charge >= 0.3 is 6.18 Å². The summed E-state index contributed by atoms with van der Waals surface area (Å²) in [5, 5.41) is 2.87. The number of nitrogens with zero attached hydrogens (tertiary/aromatic N) is 1. The van der Waals surface area contributed by atoms with Gasteiger partial charge in [-0.3, -0.25) is 10.2 Å². The number of amides is 1. The average molecular weight is 195 g/mol. The maximum absolute atomic E-state index is 11.9. The van der Waals surface area contributed by atoms with E-state index < -0.39 is 23.5 Å². The van der Waals surface area contributed by atoms with Gasteiger partial charge < -0.3 is 4.52 Å². The first kappa shape index (κ1) is 9.52. The highest BCUT2D eigenvalue weighted by molar-refractivity contribution is 5.91. The van der Waals surface area contributed by atoms with Gasteiger partial charge in [-0.05, 0) is 0 Å². The van der Waals surface area contributed by atoms with E-state index in [1.165, 1.54) is 0 Å². The number of nitrogens with two attached hydrogens (primary N) is 1. The van der Waals surface area contributed by atoms with Crippen LogP contribution in [0.5, 0.6) is 0 Å². The largest absolute Gasteiger partial charge is 0.452 e. The number of aromatic nitrogens is 1. The fourth-order valence-corrected chi connectivity index (χ4v) is 0.590. The zero-order chi connectivity index (χ0) is 10.1. The van der Waals surface area contributed by atoms with Crippen LogP contribution in [0.2, 0.25) is 0 Å². The topological polar surface area (TPSA) is 81.1 Å². The Bertz CT molecular complexity index is 319. The number of hydrogen-bond donors (Lipinski definition) is 2. The molecule has 0 spiro atoms. The summed E-state index contributed by atoms with van der Waals surface area (Å²) in [4.78, 5) is 10.6. The lowest BCUT2D eigenvalue weighted by Crippen LogP contribution is -2.30. The van der Waals surface area contributed by atoms with E-state index in [9.17, 15) is 18.0 Å². The van der Waals surface area contributed by atoms with E-state index in [4.69, 9.17) is 0 Å². The fourth-order valence-electron chi connectivity index (χ4n) is 0.590.